The topological polar surface area (TPSA) is 12.4 Å². The van der Waals surface area contributed by atoms with Gasteiger partial charge in [-0.05, 0) is 24.0 Å². The number of hydrogen-bond donors (Lipinski definition) is 0. The van der Waals surface area contributed by atoms with E-state index in [2.05, 4.69) is 67.6 Å². The van der Waals surface area contributed by atoms with Crippen molar-refractivity contribution in [3.63, 3.8) is 0 Å². The van der Waals surface area contributed by atoms with E-state index in [4.69, 9.17) is 4.99 Å². The third-order valence-corrected chi connectivity index (χ3v) is 4.24. The lowest BCUT2D eigenvalue weighted by atomic mass is 9.71. The zero-order chi connectivity index (χ0) is 13.1. The molecule has 96 valence electrons. The third-order valence-electron chi connectivity index (χ3n) is 4.24. The summed E-state index contributed by atoms with van der Waals surface area (Å²) in [6.45, 7) is 3.21. The zero-order valence-corrected chi connectivity index (χ0v) is 11.3. The molecule has 1 heteroatoms. The van der Waals surface area contributed by atoms with Gasteiger partial charge in [-0.1, -0.05) is 67.6 Å². The Morgan fingerprint density at radius 1 is 0.947 bits per heavy atom. The summed E-state index contributed by atoms with van der Waals surface area (Å²) in [5, 5.41) is 0. The fourth-order valence-corrected chi connectivity index (χ4v) is 3.18. The van der Waals surface area contributed by atoms with E-state index < -0.39 is 0 Å². The molecule has 2 aromatic carbocycles. The molecule has 0 aromatic heterocycles. The highest BCUT2D eigenvalue weighted by atomic mass is 14.8. The summed E-state index contributed by atoms with van der Waals surface area (Å²) >= 11 is 0. The average molecular weight is 249 g/mol. The lowest BCUT2D eigenvalue weighted by molar-refractivity contribution is 0.548. The lowest BCUT2D eigenvalue weighted by Crippen LogP contribution is -2.32. The number of benzene rings is 2. The maximum Gasteiger partial charge on any atom is 0.0526 e. The van der Waals surface area contributed by atoms with E-state index in [0.29, 0.717) is 0 Å². The smallest absolute Gasteiger partial charge is 0.0526 e. The largest absolute Gasteiger partial charge is 0.288 e. The Kier molecular flexibility index (Phi) is 3.20. The van der Waals surface area contributed by atoms with Crippen LogP contribution in [0.1, 0.15) is 30.9 Å². The van der Waals surface area contributed by atoms with Crippen molar-refractivity contribution in [2.45, 2.75) is 25.2 Å². The minimum absolute atomic E-state index is 0.0998. The second kappa shape index (κ2) is 5.00. The molecular weight excluding hydrogens is 230 g/mol. The van der Waals surface area contributed by atoms with E-state index in [-0.39, 0.29) is 5.41 Å². The molecule has 0 spiro atoms. The van der Waals surface area contributed by atoms with Crippen molar-refractivity contribution in [2.75, 3.05) is 6.54 Å². The van der Waals surface area contributed by atoms with E-state index in [1.165, 1.54) is 16.8 Å². The third kappa shape index (κ3) is 1.99. The molecule has 1 nitrogen and oxygen atoms in total. The Morgan fingerprint density at radius 2 is 1.58 bits per heavy atom. The van der Waals surface area contributed by atoms with Gasteiger partial charge in [0, 0.05) is 12.0 Å². The number of rotatable bonds is 3. The minimum atomic E-state index is 0.0998. The summed E-state index contributed by atoms with van der Waals surface area (Å²) in [6.07, 6.45) is 2.22. The van der Waals surface area contributed by atoms with Crippen LogP contribution in [0.2, 0.25) is 0 Å². The van der Waals surface area contributed by atoms with Gasteiger partial charge in [0.2, 0.25) is 0 Å². The highest BCUT2D eigenvalue weighted by molar-refractivity contribution is 6.09. The van der Waals surface area contributed by atoms with Crippen molar-refractivity contribution in [3.05, 3.63) is 71.8 Å². The van der Waals surface area contributed by atoms with Crippen LogP contribution in [0.15, 0.2) is 65.7 Å². The molecule has 2 aromatic rings. The Bertz CT molecular complexity index is 571. The van der Waals surface area contributed by atoms with Crippen LogP contribution in [-0.2, 0) is 5.41 Å². The van der Waals surface area contributed by atoms with E-state index >= 15 is 0 Å². The summed E-state index contributed by atoms with van der Waals surface area (Å²) < 4.78 is 0. The summed E-state index contributed by atoms with van der Waals surface area (Å²) in [5.41, 5.74) is 4.04. The van der Waals surface area contributed by atoms with E-state index in [0.717, 1.165) is 19.4 Å². The first kappa shape index (κ1) is 12.2. The van der Waals surface area contributed by atoms with Gasteiger partial charge in [-0.25, -0.2) is 0 Å². The predicted octanol–water partition coefficient (Wildman–Crippen LogP) is 4.23. The molecule has 0 fully saturated rings. The summed E-state index contributed by atoms with van der Waals surface area (Å²) in [6, 6.07) is 21.5. The standard InChI is InChI=1S/C18H19N/c1-2-18(16-11-7-4-8-12-16)13-14-19-17(18)15-9-5-3-6-10-15/h3-12H,2,13-14H2,1H3. The minimum Gasteiger partial charge on any atom is -0.288 e. The molecule has 0 bridgehead atoms. The first-order valence-electron chi connectivity index (χ1n) is 7.03. The highest BCUT2D eigenvalue weighted by Gasteiger charge is 2.39. The Labute approximate surface area is 115 Å². The van der Waals surface area contributed by atoms with Gasteiger partial charge in [0.25, 0.3) is 0 Å². The van der Waals surface area contributed by atoms with Crippen LogP contribution in [0, 0.1) is 0 Å². The quantitative estimate of drug-likeness (QED) is 0.772. The van der Waals surface area contributed by atoms with Gasteiger partial charge >= 0.3 is 0 Å². The zero-order valence-electron chi connectivity index (χ0n) is 11.3. The second-order valence-corrected chi connectivity index (χ2v) is 5.15. The molecule has 19 heavy (non-hydrogen) atoms. The SMILES string of the molecule is CCC1(c2ccccc2)CCN=C1c1ccccc1. The Hall–Kier alpha value is -1.89. The Balaban J connectivity index is 2.10. The molecule has 0 amide bonds. The molecule has 0 saturated carbocycles. The normalized spacial score (nSPS) is 22.3. The van der Waals surface area contributed by atoms with Gasteiger partial charge < -0.3 is 0 Å². The van der Waals surface area contributed by atoms with Gasteiger partial charge in [-0.15, -0.1) is 0 Å². The van der Waals surface area contributed by atoms with Gasteiger partial charge in [-0.3, -0.25) is 4.99 Å². The molecule has 3 rings (SSSR count). The van der Waals surface area contributed by atoms with Crippen LogP contribution in [-0.4, -0.2) is 12.3 Å². The van der Waals surface area contributed by atoms with Gasteiger partial charge in [0.15, 0.2) is 0 Å². The number of hydrogen-bond acceptors (Lipinski definition) is 1. The predicted molar refractivity (Wildman–Crippen MR) is 80.9 cm³/mol. The average Bonchev–Trinajstić information content (AvgIpc) is 2.94. The summed E-state index contributed by atoms with van der Waals surface area (Å²) in [7, 11) is 0. The molecule has 1 aliphatic heterocycles. The molecule has 0 aliphatic carbocycles. The fraction of sp³-hybridized carbons (Fsp3) is 0.278. The number of nitrogens with zero attached hydrogens (tertiary/aromatic N) is 1. The van der Waals surface area contributed by atoms with Crippen molar-refractivity contribution in [1.29, 1.82) is 0 Å². The highest BCUT2D eigenvalue weighted by Crippen LogP contribution is 2.39. The van der Waals surface area contributed by atoms with Crippen LogP contribution in [0.3, 0.4) is 0 Å². The molecule has 0 N–H and O–H groups in total. The van der Waals surface area contributed by atoms with Crippen molar-refractivity contribution in [2.24, 2.45) is 4.99 Å². The molecule has 1 aliphatic rings. The van der Waals surface area contributed by atoms with Crippen LogP contribution in [0.4, 0.5) is 0 Å². The van der Waals surface area contributed by atoms with Crippen molar-refractivity contribution in [1.82, 2.24) is 0 Å². The maximum atomic E-state index is 4.82. The van der Waals surface area contributed by atoms with Gasteiger partial charge in [0.1, 0.15) is 0 Å². The molecule has 1 heterocycles. The van der Waals surface area contributed by atoms with E-state index in [9.17, 15) is 0 Å². The second-order valence-electron chi connectivity index (χ2n) is 5.15. The molecule has 1 unspecified atom stereocenters. The van der Waals surface area contributed by atoms with Crippen LogP contribution in [0.25, 0.3) is 0 Å². The van der Waals surface area contributed by atoms with Crippen molar-refractivity contribution >= 4 is 5.71 Å². The summed E-state index contributed by atoms with van der Waals surface area (Å²) in [5.74, 6) is 0. The molecular formula is C18H19N. The van der Waals surface area contributed by atoms with Gasteiger partial charge in [-0.2, -0.15) is 0 Å². The molecule has 1 atom stereocenters. The first-order valence-corrected chi connectivity index (χ1v) is 7.03. The Morgan fingerprint density at radius 3 is 2.21 bits per heavy atom. The van der Waals surface area contributed by atoms with E-state index in [1.807, 2.05) is 0 Å². The summed E-state index contributed by atoms with van der Waals surface area (Å²) in [4.78, 5) is 4.82. The van der Waals surface area contributed by atoms with E-state index in [1.54, 1.807) is 0 Å². The van der Waals surface area contributed by atoms with Crippen LogP contribution < -0.4 is 0 Å². The lowest BCUT2D eigenvalue weighted by Gasteiger charge is -2.30. The van der Waals surface area contributed by atoms with Crippen molar-refractivity contribution < 1.29 is 0 Å². The van der Waals surface area contributed by atoms with Gasteiger partial charge in [0.05, 0.1) is 5.71 Å². The maximum absolute atomic E-state index is 4.82. The van der Waals surface area contributed by atoms with Crippen LogP contribution >= 0.6 is 0 Å². The van der Waals surface area contributed by atoms with Crippen molar-refractivity contribution in [3.8, 4) is 0 Å². The molecule has 0 saturated heterocycles. The monoisotopic (exact) mass is 249 g/mol. The first-order chi connectivity index (χ1) is 9.37. The fourth-order valence-electron chi connectivity index (χ4n) is 3.18. The molecule has 0 radical (unpaired) electrons. The number of aliphatic imine (C=N–C) groups is 1. The van der Waals surface area contributed by atoms with Crippen LogP contribution in [0.5, 0.6) is 0 Å².